The molecule has 1 aromatic heterocycles. The zero-order chi connectivity index (χ0) is 19.6. The summed E-state index contributed by atoms with van der Waals surface area (Å²) in [4.78, 5) is 11.5. The van der Waals surface area contributed by atoms with Crippen molar-refractivity contribution in [3.05, 3.63) is 60.2 Å². The number of carbonyl (C=O) groups is 1. The summed E-state index contributed by atoms with van der Waals surface area (Å²) in [5.74, 6) is 0.361. The maximum Gasteiger partial charge on any atom is 0.230 e. The monoisotopic (exact) mass is 380 g/mol. The average molecular weight is 381 g/mol. The van der Waals surface area contributed by atoms with Crippen LogP contribution in [0.5, 0.6) is 0 Å². The van der Waals surface area contributed by atoms with Gasteiger partial charge in [0.2, 0.25) is 5.91 Å². The second-order valence-electron chi connectivity index (χ2n) is 7.47. The second kappa shape index (κ2) is 7.56. The quantitative estimate of drug-likeness (QED) is 0.673. The van der Waals surface area contributed by atoms with Crippen molar-refractivity contribution in [2.24, 2.45) is 5.73 Å². The van der Waals surface area contributed by atoms with E-state index in [0.717, 1.165) is 17.1 Å². The zero-order valence-corrected chi connectivity index (χ0v) is 16.8. The third-order valence-electron chi connectivity index (χ3n) is 4.34. The van der Waals surface area contributed by atoms with Crippen molar-refractivity contribution < 1.29 is 4.79 Å². The highest BCUT2D eigenvalue weighted by atomic mass is 32.2. The van der Waals surface area contributed by atoms with Crippen LogP contribution in [0.4, 0.5) is 0 Å². The van der Waals surface area contributed by atoms with Crippen LogP contribution < -0.4 is 5.73 Å². The van der Waals surface area contributed by atoms with Crippen molar-refractivity contribution in [2.45, 2.75) is 43.5 Å². The maximum atomic E-state index is 11.5. The van der Waals surface area contributed by atoms with E-state index in [-0.39, 0.29) is 11.3 Å². The van der Waals surface area contributed by atoms with Gasteiger partial charge in [-0.3, -0.25) is 9.36 Å². The van der Waals surface area contributed by atoms with Crippen LogP contribution in [-0.4, -0.2) is 25.9 Å². The molecule has 27 heavy (non-hydrogen) atoms. The fourth-order valence-electron chi connectivity index (χ4n) is 2.68. The molecule has 0 radical (unpaired) electrons. The number of rotatable bonds is 5. The molecule has 1 heterocycles. The van der Waals surface area contributed by atoms with E-state index in [9.17, 15) is 4.79 Å². The first-order chi connectivity index (χ1) is 12.8. The van der Waals surface area contributed by atoms with Gasteiger partial charge in [-0.2, -0.15) is 0 Å². The number of hydrogen-bond donors (Lipinski definition) is 1. The number of nitrogens with zero attached hydrogens (tertiary/aromatic N) is 3. The van der Waals surface area contributed by atoms with Gasteiger partial charge in [-0.15, -0.1) is 10.2 Å². The molecule has 3 rings (SSSR count). The molecule has 0 aliphatic heterocycles. The molecule has 0 saturated heterocycles. The van der Waals surface area contributed by atoms with E-state index in [2.05, 4.69) is 55.2 Å². The summed E-state index contributed by atoms with van der Waals surface area (Å²) < 4.78 is 1.97. The SMILES string of the molecule is C[C@H](Sc1nnc(-c2ccc(C(C)(C)C)cc2)n1-c1ccccc1)C(N)=O. The Morgan fingerprint density at radius 2 is 1.67 bits per heavy atom. The smallest absolute Gasteiger partial charge is 0.230 e. The fraction of sp³-hybridized carbons (Fsp3) is 0.286. The Morgan fingerprint density at radius 3 is 2.22 bits per heavy atom. The summed E-state index contributed by atoms with van der Waals surface area (Å²) in [6.07, 6.45) is 0. The number of nitrogens with two attached hydrogens (primary N) is 1. The van der Waals surface area contributed by atoms with Crippen molar-refractivity contribution in [1.29, 1.82) is 0 Å². The third kappa shape index (κ3) is 4.22. The Balaban J connectivity index is 2.08. The molecular weight excluding hydrogens is 356 g/mol. The lowest BCUT2D eigenvalue weighted by Gasteiger charge is -2.19. The molecule has 0 bridgehead atoms. The normalized spacial score (nSPS) is 12.7. The molecule has 6 heteroatoms. The van der Waals surface area contributed by atoms with Gasteiger partial charge in [0.25, 0.3) is 0 Å². The molecule has 2 aromatic carbocycles. The Morgan fingerprint density at radius 1 is 1.04 bits per heavy atom. The summed E-state index contributed by atoms with van der Waals surface area (Å²) in [6, 6.07) is 18.3. The van der Waals surface area contributed by atoms with Gasteiger partial charge < -0.3 is 5.73 Å². The van der Waals surface area contributed by atoms with E-state index in [1.807, 2.05) is 34.9 Å². The Labute approximate surface area is 164 Å². The Bertz CT molecular complexity index is 927. The van der Waals surface area contributed by atoms with E-state index in [1.165, 1.54) is 17.3 Å². The highest BCUT2D eigenvalue weighted by Crippen LogP contribution is 2.31. The van der Waals surface area contributed by atoms with E-state index in [4.69, 9.17) is 5.73 Å². The highest BCUT2D eigenvalue weighted by Gasteiger charge is 2.21. The molecule has 3 aromatic rings. The lowest BCUT2D eigenvalue weighted by molar-refractivity contribution is -0.117. The molecule has 1 atom stereocenters. The summed E-state index contributed by atoms with van der Waals surface area (Å²) in [7, 11) is 0. The van der Waals surface area contributed by atoms with Crippen LogP contribution in [-0.2, 0) is 10.2 Å². The predicted octanol–water partition coefficient (Wildman–Crippen LogP) is 4.20. The highest BCUT2D eigenvalue weighted by molar-refractivity contribution is 8.00. The maximum absolute atomic E-state index is 11.5. The van der Waals surface area contributed by atoms with Gasteiger partial charge in [0, 0.05) is 11.3 Å². The fourth-order valence-corrected chi connectivity index (χ4v) is 3.50. The van der Waals surface area contributed by atoms with Crippen molar-refractivity contribution in [2.75, 3.05) is 0 Å². The van der Waals surface area contributed by atoms with E-state index in [0.29, 0.717) is 5.16 Å². The topological polar surface area (TPSA) is 73.8 Å². The molecule has 0 aliphatic rings. The van der Waals surface area contributed by atoms with E-state index >= 15 is 0 Å². The van der Waals surface area contributed by atoms with Crippen molar-refractivity contribution >= 4 is 17.7 Å². The molecule has 2 N–H and O–H groups in total. The lowest BCUT2D eigenvalue weighted by atomic mass is 9.87. The van der Waals surface area contributed by atoms with Crippen molar-refractivity contribution in [3.63, 3.8) is 0 Å². The number of aromatic nitrogens is 3. The Kier molecular flexibility index (Phi) is 5.37. The number of para-hydroxylation sites is 1. The second-order valence-corrected chi connectivity index (χ2v) is 8.77. The van der Waals surface area contributed by atoms with Gasteiger partial charge in [0.1, 0.15) is 0 Å². The largest absolute Gasteiger partial charge is 0.369 e. The molecule has 140 valence electrons. The van der Waals surface area contributed by atoms with Gasteiger partial charge in [-0.25, -0.2) is 0 Å². The van der Waals surface area contributed by atoms with Crippen LogP contribution in [0.1, 0.15) is 33.3 Å². The molecule has 0 saturated carbocycles. The third-order valence-corrected chi connectivity index (χ3v) is 5.40. The van der Waals surface area contributed by atoms with Crippen LogP contribution in [0.15, 0.2) is 59.8 Å². The van der Waals surface area contributed by atoms with Gasteiger partial charge in [0.05, 0.1) is 5.25 Å². The number of amides is 1. The molecule has 1 amide bonds. The van der Waals surface area contributed by atoms with Crippen LogP contribution in [0.25, 0.3) is 17.1 Å². The number of carbonyl (C=O) groups excluding carboxylic acids is 1. The van der Waals surface area contributed by atoms with E-state index in [1.54, 1.807) is 6.92 Å². The first kappa shape index (κ1) is 19.2. The Hall–Kier alpha value is -2.60. The lowest BCUT2D eigenvalue weighted by Crippen LogP contribution is -2.23. The zero-order valence-electron chi connectivity index (χ0n) is 16.0. The van der Waals surface area contributed by atoms with Gasteiger partial charge >= 0.3 is 0 Å². The number of thioether (sulfide) groups is 1. The summed E-state index contributed by atoms with van der Waals surface area (Å²) in [5, 5.41) is 8.98. The van der Waals surface area contributed by atoms with Crippen LogP contribution in [0.3, 0.4) is 0 Å². The van der Waals surface area contributed by atoms with Crippen LogP contribution in [0.2, 0.25) is 0 Å². The predicted molar refractivity (Wildman–Crippen MR) is 110 cm³/mol. The molecule has 0 fully saturated rings. The molecule has 0 spiro atoms. The van der Waals surface area contributed by atoms with Crippen LogP contribution in [0, 0.1) is 0 Å². The van der Waals surface area contributed by atoms with Crippen molar-refractivity contribution in [1.82, 2.24) is 14.8 Å². The standard InChI is InChI=1S/C21H24N4OS/c1-14(18(22)26)27-20-24-23-19(25(20)17-8-6-5-7-9-17)15-10-12-16(13-11-15)21(2,3)4/h5-14H,1-4H3,(H2,22,26)/t14-/m0/s1. The molecule has 5 nitrogen and oxygen atoms in total. The average Bonchev–Trinajstić information content (AvgIpc) is 3.05. The number of primary amides is 1. The number of hydrogen-bond acceptors (Lipinski definition) is 4. The minimum atomic E-state index is -0.396. The first-order valence-electron chi connectivity index (χ1n) is 8.85. The summed E-state index contributed by atoms with van der Waals surface area (Å²) in [5.41, 5.74) is 8.69. The number of benzene rings is 2. The van der Waals surface area contributed by atoms with Gasteiger partial charge in [0.15, 0.2) is 11.0 Å². The first-order valence-corrected chi connectivity index (χ1v) is 9.73. The summed E-state index contributed by atoms with van der Waals surface area (Å²) in [6.45, 7) is 8.34. The van der Waals surface area contributed by atoms with E-state index < -0.39 is 5.25 Å². The van der Waals surface area contributed by atoms with Gasteiger partial charge in [-0.1, -0.05) is 75.0 Å². The minimum absolute atomic E-state index is 0.0869. The van der Waals surface area contributed by atoms with Crippen LogP contribution >= 0.6 is 11.8 Å². The molecule has 0 unspecified atom stereocenters. The molecule has 0 aliphatic carbocycles. The van der Waals surface area contributed by atoms with Crippen molar-refractivity contribution in [3.8, 4) is 17.1 Å². The molecular formula is C21H24N4OS. The minimum Gasteiger partial charge on any atom is -0.369 e. The van der Waals surface area contributed by atoms with Gasteiger partial charge in [-0.05, 0) is 30.0 Å². The summed E-state index contributed by atoms with van der Waals surface area (Å²) >= 11 is 1.31.